The molecule has 1 amide bonds. The van der Waals surface area contributed by atoms with Crippen LogP contribution in [0.4, 0.5) is 17.6 Å². The monoisotopic (exact) mass is 466 g/mol. The molecule has 0 unspecified atom stereocenters. The van der Waals surface area contributed by atoms with E-state index in [1.54, 1.807) is 30.3 Å². The summed E-state index contributed by atoms with van der Waals surface area (Å²) in [6.45, 7) is 1.54. The second-order valence-electron chi connectivity index (χ2n) is 7.60. The number of carbonyl (C=O) groups excluding carboxylic acids is 1. The van der Waals surface area contributed by atoms with Crippen LogP contribution in [-0.2, 0) is 11.0 Å². The molecule has 0 aliphatic rings. The molecule has 9 heteroatoms. The summed E-state index contributed by atoms with van der Waals surface area (Å²) in [5, 5.41) is 4.14. The predicted molar refractivity (Wildman–Crippen MR) is 120 cm³/mol. The zero-order valence-electron chi connectivity index (χ0n) is 17.8. The molecule has 0 saturated carbocycles. The Balaban J connectivity index is 1.69. The Morgan fingerprint density at radius 1 is 1.00 bits per heavy atom. The van der Waals surface area contributed by atoms with Gasteiger partial charge in [0.1, 0.15) is 12.1 Å². The standard InChI is InChI=1S/C25H18F4N4O/c1-15-9-18(11-19(10-15)25(27,28)29)24-31-14-33(32-24)13-21(23(30)34)17-7-8-20(22(26)12-17)16-5-3-2-4-6-16/h2-14H,1H3,(H2,30,34)/b21-13+. The first kappa shape index (κ1) is 22.9. The molecule has 2 N–H and O–H groups in total. The quantitative estimate of drug-likeness (QED) is 0.309. The summed E-state index contributed by atoms with van der Waals surface area (Å²) in [6.07, 6.45) is -2.04. The highest BCUT2D eigenvalue weighted by molar-refractivity contribution is 6.22. The van der Waals surface area contributed by atoms with Gasteiger partial charge < -0.3 is 5.73 Å². The average Bonchev–Trinajstić information content (AvgIpc) is 3.26. The summed E-state index contributed by atoms with van der Waals surface area (Å²) in [4.78, 5) is 16.1. The third-order valence-corrected chi connectivity index (χ3v) is 5.06. The van der Waals surface area contributed by atoms with Gasteiger partial charge in [0.25, 0.3) is 5.91 Å². The van der Waals surface area contributed by atoms with E-state index < -0.39 is 23.5 Å². The lowest BCUT2D eigenvalue weighted by molar-refractivity contribution is -0.137. The third-order valence-electron chi connectivity index (χ3n) is 5.06. The zero-order chi connectivity index (χ0) is 24.5. The molecule has 0 atom stereocenters. The van der Waals surface area contributed by atoms with E-state index in [4.69, 9.17) is 5.73 Å². The second-order valence-corrected chi connectivity index (χ2v) is 7.60. The number of nitrogens with zero attached hydrogens (tertiary/aromatic N) is 3. The van der Waals surface area contributed by atoms with Crippen molar-refractivity contribution in [3.63, 3.8) is 0 Å². The minimum atomic E-state index is -4.52. The molecule has 5 nitrogen and oxygen atoms in total. The van der Waals surface area contributed by atoms with Crippen molar-refractivity contribution >= 4 is 17.7 Å². The van der Waals surface area contributed by atoms with Crippen molar-refractivity contribution in [1.29, 1.82) is 0 Å². The Kier molecular flexibility index (Phi) is 6.02. The molecule has 172 valence electrons. The molecule has 0 bridgehead atoms. The van der Waals surface area contributed by atoms with E-state index in [0.717, 1.165) is 16.8 Å². The van der Waals surface area contributed by atoms with Gasteiger partial charge in [-0.25, -0.2) is 14.1 Å². The van der Waals surface area contributed by atoms with Gasteiger partial charge in [-0.15, -0.1) is 5.10 Å². The van der Waals surface area contributed by atoms with Gasteiger partial charge in [-0.2, -0.15) is 13.2 Å². The molecule has 3 aromatic carbocycles. The summed E-state index contributed by atoms with van der Waals surface area (Å²) in [6, 6.07) is 16.7. The SMILES string of the molecule is Cc1cc(-c2ncn(/C=C(/C(N)=O)c3ccc(-c4ccccc4)c(F)c3)n2)cc(C(F)(F)F)c1. The summed E-state index contributed by atoms with van der Waals surface area (Å²) in [7, 11) is 0. The maximum Gasteiger partial charge on any atom is 0.416 e. The fraction of sp³-hybridized carbons (Fsp3) is 0.0800. The number of rotatable bonds is 5. The van der Waals surface area contributed by atoms with E-state index in [-0.39, 0.29) is 22.5 Å². The molecule has 0 aliphatic heterocycles. The Labute approximate surface area is 192 Å². The second kappa shape index (κ2) is 8.93. The average molecular weight is 466 g/mol. The summed E-state index contributed by atoms with van der Waals surface area (Å²) in [5.74, 6) is -1.35. The van der Waals surface area contributed by atoms with Crippen LogP contribution in [-0.4, -0.2) is 20.7 Å². The smallest absolute Gasteiger partial charge is 0.366 e. The fourth-order valence-corrected chi connectivity index (χ4v) is 3.49. The van der Waals surface area contributed by atoms with Crippen LogP contribution in [0.1, 0.15) is 16.7 Å². The highest BCUT2D eigenvalue weighted by Crippen LogP contribution is 2.32. The minimum absolute atomic E-state index is 0.0277. The van der Waals surface area contributed by atoms with Gasteiger partial charge in [-0.3, -0.25) is 4.79 Å². The fourth-order valence-electron chi connectivity index (χ4n) is 3.49. The Hall–Kier alpha value is -4.27. The molecule has 34 heavy (non-hydrogen) atoms. The normalized spacial score (nSPS) is 12.1. The minimum Gasteiger partial charge on any atom is -0.366 e. The lowest BCUT2D eigenvalue weighted by atomic mass is 10.00. The molecular weight excluding hydrogens is 448 g/mol. The van der Waals surface area contributed by atoms with Crippen molar-refractivity contribution in [2.24, 2.45) is 5.73 Å². The number of halogens is 4. The number of aryl methyl sites for hydroxylation is 1. The van der Waals surface area contributed by atoms with Crippen LogP contribution in [0.2, 0.25) is 0 Å². The number of hydrogen-bond donors (Lipinski definition) is 1. The Bertz CT molecular complexity index is 1390. The first-order valence-corrected chi connectivity index (χ1v) is 10.1. The van der Waals surface area contributed by atoms with Crippen molar-refractivity contribution in [1.82, 2.24) is 14.8 Å². The number of hydrogen-bond acceptors (Lipinski definition) is 3. The van der Waals surface area contributed by atoms with Crippen LogP contribution in [0.5, 0.6) is 0 Å². The zero-order valence-corrected chi connectivity index (χ0v) is 17.8. The van der Waals surface area contributed by atoms with Crippen molar-refractivity contribution in [2.45, 2.75) is 13.1 Å². The number of carbonyl (C=O) groups is 1. The van der Waals surface area contributed by atoms with E-state index in [2.05, 4.69) is 10.1 Å². The van der Waals surface area contributed by atoms with Gasteiger partial charge in [0.2, 0.25) is 0 Å². The van der Waals surface area contributed by atoms with E-state index in [0.29, 0.717) is 16.7 Å². The predicted octanol–water partition coefficient (Wildman–Crippen LogP) is 5.56. The van der Waals surface area contributed by atoms with Gasteiger partial charge in [0.15, 0.2) is 5.82 Å². The molecular formula is C25H18F4N4O. The van der Waals surface area contributed by atoms with Gasteiger partial charge in [-0.05, 0) is 47.9 Å². The molecule has 1 aromatic heterocycles. The molecule has 0 spiro atoms. The topological polar surface area (TPSA) is 73.8 Å². The molecule has 4 rings (SSSR count). The van der Waals surface area contributed by atoms with Gasteiger partial charge in [0, 0.05) is 17.3 Å². The molecule has 0 radical (unpaired) electrons. The molecule has 0 fully saturated rings. The van der Waals surface area contributed by atoms with E-state index >= 15 is 0 Å². The van der Waals surface area contributed by atoms with Crippen molar-refractivity contribution < 1.29 is 22.4 Å². The van der Waals surface area contributed by atoms with Crippen molar-refractivity contribution in [3.8, 4) is 22.5 Å². The summed E-state index contributed by atoms with van der Waals surface area (Å²) < 4.78 is 55.4. The van der Waals surface area contributed by atoms with Gasteiger partial charge >= 0.3 is 6.18 Å². The first-order chi connectivity index (χ1) is 16.1. The number of amides is 1. The van der Waals surface area contributed by atoms with Crippen LogP contribution in [0.15, 0.2) is 73.1 Å². The van der Waals surface area contributed by atoms with Gasteiger partial charge in [0.05, 0.1) is 11.1 Å². The molecule has 0 aliphatic carbocycles. The molecule has 4 aromatic rings. The van der Waals surface area contributed by atoms with Crippen molar-refractivity contribution in [3.05, 3.63) is 95.6 Å². The highest BCUT2D eigenvalue weighted by Gasteiger charge is 2.31. The van der Waals surface area contributed by atoms with E-state index in [9.17, 15) is 22.4 Å². The van der Waals surface area contributed by atoms with E-state index in [1.165, 1.54) is 37.7 Å². The number of nitrogens with two attached hydrogens (primary N) is 1. The molecule has 0 saturated heterocycles. The number of benzene rings is 3. The van der Waals surface area contributed by atoms with Crippen LogP contribution in [0.25, 0.3) is 34.3 Å². The van der Waals surface area contributed by atoms with Crippen LogP contribution in [0.3, 0.4) is 0 Å². The molecule has 1 heterocycles. The summed E-state index contributed by atoms with van der Waals surface area (Å²) in [5.41, 5.74) is 6.45. The Morgan fingerprint density at radius 2 is 1.74 bits per heavy atom. The van der Waals surface area contributed by atoms with Crippen LogP contribution < -0.4 is 5.73 Å². The van der Waals surface area contributed by atoms with Crippen LogP contribution >= 0.6 is 0 Å². The largest absolute Gasteiger partial charge is 0.416 e. The maximum absolute atomic E-state index is 14.8. The van der Waals surface area contributed by atoms with E-state index in [1.807, 2.05) is 6.07 Å². The number of primary amides is 1. The number of alkyl halides is 3. The third kappa shape index (κ3) is 4.88. The summed E-state index contributed by atoms with van der Waals surface area (Å²) >= 11 is 0. The Morgan fingerprint density at radius 3 is 2.38 bits per heavy atom. The first-order valence-electron chi connectivity index (χ1n) is 10.1. The maximum atomic E-state index is 14.8. The number of aromatic nitrogens is 3. The van der Waals surface area contributed by atoms with Gasteiger partial charge in [-0.1, -0.05) is 42.5 Å². The van der Waals surface area contributed by atoms with Crippen molar-refractivity contribution in [2.75, 3.05) is 0 Å². The highest BCUT2D eigenvalue weighted by atomic mass is 19.4. The lowest BCUT2D eigenvalue weighted by Crippen LogP contribution is -2.14. The lowest BCUT2D eigenvalue weighted by Gasteiger charge is -2.09. The van der Waals surface area contributed by atoms with Crippen LogP contribution in [0, 0.1) is 12.7 Å².